The molecule has 1 amide bonds. The number of aryl methyl sites for hydroxylation is 2. The molecule has 0 unspecified atom stereocenters. The van der Waals surface area contributed by atoms with Gasteiger partial charge in [0.25, 0.3) is 11.6 Å². The lowest BCUT2D eigenvalue weighted by atomic mass is 10.1. The van der Waals surface area contributed by atoms with Gasteiger partial charge in [-0.05, 0) is 55.3 Å². The van der Waals surface area contributed by atoms with Gasteiger partial charge in [0, 0.05) is 29.5 Å². The molecule has 0 aliphatic carbocycles. The normalized spacial score (nSPS) is 11.1. The van der Waals surface area contributed by atoms with Crippen molar-refractivity contribution in [1.29, 1.82) is 5.26 Å². The van der Waals surface area contributed by atoms with E-state index in [2.05, 4.69) is 5.32 Å². The fraction of sp³-hybridized carbons (Fsp3) is 0.0909. The molecule has 0 radical (unpaired) electrons. The number of amides is 1. The zero-order valence-electron chi connectivity index (χ0n) is 16.1. The number of furan rings is 1. The molecule has 3 rings (SSSR count). The fourth-order valence-electron chi connectivity index (χ4n) is 2.70. The topological polar surface area (TPSA) is 109 Å². The maximum atomic E-state index is 12.4. The van der Waals surface area contributed by atoms with Crippen molar-refractivity contribution in [3.05, 3.63) is 86.1 Å². The second-order valence-electron chi connectivity index (χ2n) is 6.55. The van der Waals surface area contributed by atoms with Crippen molar-refractivity contribution in [3.63, 3.8) is 0 Å². The van der Waals surface area contributed by atoms with Gasteiger partial charge in [0.2, 0.25) is 0 Å². The van der Waals surface area contributed by atoms with Crippen LogP contribution in [0.4, 0.5) is 11.4 Å². The van der Waals surface area contributed by atoms with E-state index in [-0.39, 0.29) is 22.0 Å². The summed E-state index contributed by atoms with van der Waals surface area (Å²) in [7, 11) is 0. The maximum Gasteiger partial charge on any atom is 0.270 e. The Morgan fingerprint density at radius 2 is 1.93 bits per heavy atom. The van der Waals surface area contributed by atoms with Crippen molar-refractivity contribution in [2.75, 3.05) is 5.32 Å². The number of nitrogens with zero attached hydrogens (tertiary/aromatic N) is 2. The molecule has 0 spiro atoms. The van der Waals surface area contributed by atoms with E-state index in [1.165, 1.54) is 24.3 Å². The molecule has 1 N–H and O–H groups in total. The largest absolute Gasteiger partial charge is 0.457 e. The molecule has 8 heteroatoms. The number of non-ortho nitro benzene ring substituents is 1. The van der Waals surface area contributed by atoms with Crippen molar-refractivity contribution >= 4 is 35.0 Å². The van der Waals surface area contributed by atoms with Gasteiger partial charge in [0.15, 0.2) is 0 Å². The Morgan fingerprint density at radius 1 is 1.17 bits per heavy atom. The molecule has 0 bridgehead atoms. The van der Waals surface area contributed by atoms with Gasteiger partial charge in [0.1, 0.15) is 23.2 Å². The van der Waals surface area contributed by atoms with E-state index in [0.717, 1.165) is 11.1 Å². The molecule has 0 aliphatic heterocycles. The zero-order valence-corrected chi connectivity index (χ0v) is 16.9. The Kier molecular flexibility index (Phi) is 6.00. The van der Waals surface area contributed by atoms with Crippen molar-refractivity contribution in [1.82, 2.24) is 0 Å². The van der Waals surface area contributed by atoms with Crippen LogP contribution in [0, 0.1) is 35.3 Å². The van der Waals surface area contributed by atoms with Crippen LogP contribution in [-0.2, 0) is 4.79 Å². The second kappa shape index (κ2) is 8.64. The molecule has 30 heavy (non-hydrogen) atoms. The predicted molar refractivity (Wildman–Crippen MR) is 114 cm³/mol. The van der Waals surface area contributed by atoms with Gasteiger partial charge in [0.05, 0.1) is 9.95 Å². The molecule has 0 fully saturated rings. The Hall–Kier alpha value is -3.89. The number of hydrogen-bond donors (Lipinski definition) is 1. The number of nitro benzene ring substituents is 1. The number of anilines is 1. The third kappa shape index (κ3) is 4.57. The highest BCUT2D eigenvalue weighted by Crippen LogP contribution is 2.32. The first-order chi connectivity index (χ1) is 14.3. The molecular weight excluding hydrogens is 406 g/mol. The summed E-state index contributed by atoms with van der Waals surface area (Å²) in [6, 6.07) is 14.5. The van der Waals surface area contributed by atoms with Crippen LogP contribution < -0.4 is 5.32 Å². The van der Waals surface area contributed by atoms with Gasteiger partial charge < -0.3 is 9.73 Å². The van der Waals surface area contributed by atoms with Crippen LogP contribution in [0.15, 0.2) is 58.5 Å². The number of nitrogens with one attached hydrogen (secondary N) is 1. The molecule has 1 aromatic heterocycles. The monoisotopic (exact) mass is 421 g/mol. The first-order valence-electron chi connectivity index (χ1n) is 8.83. The van der Waals surface area contributed by atoms with Gasteiger partial charge in [-0.15, -0.1) is 0 Å². The number of carbonyl (C=O) groups excluding carboxylic acids is 1. The number of carbonyl (C=O) groups is 1. The number of benzene rings is 2. The Morgan fingerprint density at radius 3 is 2.57 bits per heavy atom. The van der Waals surface area contributed by atoms with E-state index in [9.17, 15) is 20.2 Å². The molecule has 3 aromatic rings. The molecule has 7 nitrogen and oxygen atoms in total. The van der Waals surface area contributed by atoms with Crippen molar-refractivity contribution in [3.8, 4) is 17.4 Å². The first-order valence-corrected chi connectivity index (χ1v) is 9.21. The Balaban J connectivity index is 1.83. The molecule has 150 valence electrons. The smallest absolute Gasteiger partial charge is 0.270 e. The lowest BCUT2D eigenvalue weighted by Gasteiger charge is -2.06. The molecule has 0 aliphatic rings. The number of hydrogen-bond acceptors (Lipinski definition) is 5. The highest BCUT2D eigenvalue weighted by atomic mass is 35.5. The third-order valence-electron chi connectivity index (χ3n) is 4.47. The van der Waals surface area contributed by atoms with E-state index in [0.29, 0.717) is 17.0 Å². The van der Waals surface area contributed by atoms with E-state index >= 15 is 0 Å². The average Bonchev–Trinajstić information content (AvgIpc) is 3.17. The summed E-state index contributed by atoms with van der Waals surface area (Å²) >= 11 is 6.12. The van der Waals surface area contributed by atoms with E-state index in [4.69, 9.17) is 16.0 Å². The minimum absolute atomic E-state index is 0.134. The summed E-state index contributed by atoms with van der Waals surface area (Å²) in [5, 5.41) is 23.1. The predicted octanol–water partition coefficient (Wildman–Crippen LogP) is 5.67. The molecule has 1 heterocycles. The molecule has 2 aromatic carbocycles. The number of halogens is 1. The van der Waals surface area contributed by atoms with Crippen LogP contribution in [0.3, 0.4) is 0 Å². The molecule has 0 saturated carbocycles. The summed E-state index contributed by atoms with van der Waals surface area (Å²) in [6.45, 7) is 3.90. The number of nitro groups is 1. The quantitative estimate of drug-likeness (QED) is 0.247. The van der Waals surface area contributed by atoms with Crippen LogP contribution >= 0.6 is 11.6 Å². The molecular formula is C22H16ClN3O4. The van der Waals surface area contributed by atoms with E-state index in [1.807, 2.05) is 32.0 Å². The van der Waals surface area contributed by atoms with Gasteiger partial charge >= 0.3 is 0 Å². The Bertz CT molecular complexity index is 1220. The average molecular weight is 422 g/mol. The van der Waals surface area contributed by atoms with E-state index in [1.54, 1.807) is 18.2 Å². The number of rotatable bonds is 5. The minimum Gasteiger partial charge on any atom is -0.457 e. The molecule has 0 atom stereocenters. The zero-order chi connectivity index (χ0) is 21.8. The standard InChI is InChI=1S/C22H16ClN3O4/c1-13-3-4-16(9-14(13)2)25-22(27)15(12-24)10-18-6-8-21(30-18)19-7-5-17(26(28)29)11-20(19)23/h3-11H,1-2H3,(H,25,27)/b15-10+. The summed E-state index contributed by atoms with van der Waals surface area (Å²) in [5.41, 5.74) is 2.89. The summed E-state index contributed by atoms with van der Waals surface area (Å²) in [6.07, 6.45) is 1.32. The first kappa shape index (κ1) is 20.8. The Labute approximate surface area is 177 Å². The van der Waals surface area contributed by atoms with E-state index < -0.39 is 10.8 Å². The van der Waals surface area contributed by atoms with Gasteiger partial charge in [-0.1, -0.05) is 17.7 Å². The van der Waals surface area contributed by atoms with Gasteiger partial charge in [-0.3, -0.25) is 14.9 Å². The van der Waals surface area contributed by atoms with Crippen LogP contribution in [0.1, 0.15) is 16.9 Å². The third-order valence-corrected chi connectivity index (χ3v) is 4.78. The van der Waals surface area contributed by atoms with Crippen molar-refractivity contribution in [2.45, 2.75) is 13.8 Å². The fourth-order valence-corrected chi connectivity index (χ4v) is 2.97. The van der Waals surface area contributed by atoms with Crippen LogP contribution in [0.25, 0.3) is 17.4 Å². The van der Waals surface area contributed by atoms with Crippen LogP contribution in [0.2, 0.25) is 5.02 Å². The minimum atomic E-state index is -0.563. The SMILES string of the molecule is Cc1ccc(NC(=O)/C(C#N)=C/c2ccc(-c3ccc([N+](=O)[O-])cc3Cl)o2)cc1C. The second-order valence-corrected chi connectivity index (χ2v) is 6.95. The van der Waals surface area contributed by atoms with Crippen LogP contribution in [0.5, 0.6) is 0 Å². The summed E-state index contributed by atoms with van der Waals surface area (Å²) in [4.78, 5) is 22.7. The van der Waals surface area contributed by atoms with Gasteiger partial charge in [-0.25, -0.2) is 0 Å². The van der Waals surface area contributed by atoms with Crippen molar-refractivity contribution in [2.24, 2.45) is 0 Å². The summed E-state index contributed by atoms with van der Waals surface area (Å²) in [5.74, 6) is 0.0614. The number of nitriles is 1. The van der Waals surface area contributed by atoms with Crippen LogP contribution in [-0.4, -0.2) is 10.8 Å². The lowest BCUT2D eigenvalue weighted by molar-refractivity contribution is -0.384. The maximum absolute atomic E-state index is 12.4. The molecule has 0 saturated heterocycles. The highest BCUT2D eigenvalue weighted by molar-refractivity contribution is 6.33. The summed E-state index contributed by atoms with van der Waals surface area (Å²) < 4.78 is 5.66. The lowest BCUT2D eigenvalue weighted by Crippen LogP contribution is -2.13. The van der Waals surface area contributed by atoms with Crippen molar-refractivity contribution < 1.29 is 14.1 Å². The van der Waals surface area contributed by atoms with Gasteiger partial charge in [-0.2, -0.15) is 5.26 Å². The highest BCUT2D eigenvalue weighted by Gasteiger charge is 2.15.